The lowest BCUT2D eigenvalue weighted by Crippen LogP contribution is -2.18. The van der Waals surface area contributed by atoms with Crippen LogP contribution in [0.25, 0.3) is 0 Å². The molecule has 1 heterocycles. The molecule has 0 fully saturated rings. The summed E-state index contributed by atoms with van der Waals surface area (Å²) in [6.07, 6.45) is 1.81. The summed E-state index contributed by atoms with van der Waals surface area (Å²) in [5.74, 6) is 1.60. The molecular formula is C20H19Cl2N3O3. The predicted octanol–water partition coefficient (Wildman–Crippen LogP) is 4.44. The van der Waals surface area contributed by atoms with Gasteiger partial charge in [0, 0.05) is 16.1 Å². The van der Waals surface area contributed by atoms with Crippen molar-refractivity contribution in [2.75, 3.05) is 19.5 Å². The molecule has 1 amide bonds. The number of carbonyl (C=O) groups is 1. The van der Waals surface area contributed by atoms with Gasteiger partial charge in [0.25, 0.3) is 0 Å². The molecule has 3 rings (SSSR count). The number of hydrogen-bond acceptors (Lipinski definition) is 4. The van der Waals surface area contributed by atoms with Crippen molar-refractivity contribution in [2.24, 2.45) is 0 Å². The average molecular weight is 420 g/mol. The van der Waals surface area contributed by atoms with Crippen LogP contribution in [0.1, 0.15) is 11.1 Å². The first-order valence-corrected chi connectivity index (χ1v) is 9.22. The number of rotatable bonds is 7. The summed E-state index contributed by atoms with van der Waals surface area (Å²) in [5.41, 5.74) is 1.66. The van der Waals surface area contributed by atoms with Gasteiger partial charge in [-0.05, 0) is 35.4 Å². The molecule has 0 radical (unpaired) electrons. The smallest absolute Gasteiger partial charge is 0.229 e. The van der Waals surface area contributed by atoms with Gasteiger partial charge in [-0.15, -0.1) is 0 Å². The molecule has 6 nitrogen and oxygen atoms in total. The second kappa shape index (κ2) is 8.99. The van der Waals surface area contributed by atoms with Gasteiger partial charge in [-0.1, -0.05) is 35.3 Å². The predicted molar refractivity (Wildman–Crippen MR) is 110 cm³/mol. The molecule has 1 aromatic heterocycles. The molecule has 8 heteroatoms. The second-order valence-electron chi connectivity index (χ2n) is 6.02. The number of methoxy groups -OCH3 is 2. The van der Waals surface area contributed by atoms with Crippen LogP contribution in [0.5, 0.6) is 11.5 Å². The molecule has 28 heavy (non-hydrogen) atoms. The van der Waals surface area contributed by atoms with E-state index in [0.717, 1.165) is 11.1 Å². The Bertz CT molecular complexity index is 989. The Balaban J connectivity index is 1.69. The third kappa shape index (κ3) is 4.77. The highest BCUT2D eigenvalue weighted by molar-refractivity contribution is 6.35. The molecule has 0 atom stereocenters. The third-order valence-corrected chi connectivity index (χ3v) is 4.72. The van der Waals surface area contributed by atoms with Crippen molar-refractivity contribution in [3.05, 3.63) is 69.8 Å². The molecule has 0 aliphatic carbocycles. The van der Waals surface area contributed by atoms with Crippen molar-refractivity contribution >= 4 is 34.9 Å². The number of aromatic nitrogens is 2. The molecule has 0 spiro atoms. The molecule has 146 valence electrons. The van der Waals surface area contributed by atoms with Gasteiger partial charge < -0.3 is 14.8 Å². The van der Waals surface area contributed by atoms with Crippen molar-refractivity contribution < 1.29 is 14.3 Å². The lowest BCUT2D eigenvalue weighted by Gasteiger charge is -2.12. The number of nitrogens with one attached hydrogen (secondary N) is 1. The number of halogens is 2. The molecular weight excluding hydrogens is 401 g/mol. The quantitative estimate of drug-likeness (QED) is 0.614. The van der Waals surface area contributed by atoms with E-state index in [1.807, 2.05) is 12.1 Å². The zero-order valence-corrected chi connectivity index (χ0v) is 16.9. The highest BCUT2D eigenvalue weighted by Crippen LogP contribution is 2.28. The Morgan fingerprint density at radius 1 is 1.07 bits per heavy atom. The molecule has 0 aliphatic heterocycles. The van der Waals surface area contributed by atoms with Gasteiger partial charge in [-0.3, -0.25) is 4.79 Å². The van der Waals surface area contributed by atoms with E-state index in [1.165, 1.54) is 0 Å². The van der Waals surface area contributed by atoms with Crippen LogP contribution in [0.4, 0.5) is 5.82 Å². The van der Waals surface area contributed by atoms with Gasteiger partial charge in [0.05, 0.1) is 33.4 Å². The van der Waals surface area contributed by atoms with Crippen LogP contribution < -0.4 is 14.8 Å². The Hall–Kier alpha value is -2.70. The van der Waals surface area contributed by atoms with E-state index in [2.05, 4.69) is 10.4 Å². The number of nitrogens with zero attached hydrogens (tertiary/aromatic N) is 2. The van der Waals surface area contributed by atoms with Gasteiger partial charge in [-0.2, -0.15) is 5.10 Å². The molecule has 0 aliphatic rings. The van der Waals surface area contributed by atoms with Crippen LogP contribution in [-0.2, 0) is 17.8 Å². The fraction of sp³-hybridized carbons (Fsp3) is 0.200. The zero-order chi connectivity index (χ0) is 20.1. The topological polar surface area (TPSA) is 65.4 Å². The van der Waals surface area contributed by atoms with Crippen LogP contribution >= 0.6 is 23.2 Å². The highest BCUT2D eigenvalue weighted by Gasteiger charge is 2.12. The van der Waals surface area contributed by atoms with E-state index in [1.54, 1.807) is 55.4 Å². The largest absolute Gasteiger partial charge is 0.493 e. The molecule has 1 N–H and O–H groups in total. The molecule has 0 saturated carbocycles. The average Bonchev–Trinajstić information content (AvgIpc) is 3.10. The van der Waals surface area contributed by atoms with E-state index in [-0.39, 0.29) is 12.3 Å². The lowest BCUT2D eigenvalue weighted by atomic mass is 10.1. The summed E-state index contributed by atoms with van der Waals surface area (Å²) in [7, 11) is 3.13. The summed E-state index contributed by atoms with van der Waals surface area (Å²) in [6.45, 7) is 0.412. The van der Waals surface area contributed by atoms with Crippen LogP contribution in [0.3, 0.4) is 0 Å². The fourth-order valence-corrected chi connectivity index (χ4v) is 3.21. The maximum absolute atomic E-state index is 12.5. The summed E-state index contributed by atoms with van der Waals surface area (Å²) < 4.78 is 12.2. The minimum absolute atomic E-state index is 0.170. The molecule has 3 aromatic rings. The molecule has 0 saturated heterocycles. The number of ether oxygens (including phenoxy) is 2. The van der Waals surface area contributed by atoms with Crippen molar-refractivity contribution in [3.63, 3.8) is 0 Å². The number of anilines is 1. The maximum Gasteiger partial charge on any atom is 0.229 e. The standard InChI is InChI=1S/C20H19Cl2N3O3/c1-27-17-6-3-13(9-18(17)28-2)10-20(26)24-19-7-8-23-25(19)12-14-4-5-15(21)11-16(14)22/h3-9,11H,10,12H2,1-2H3,(H,24,26). The zero-order valence-electron chi connectivity index (χ0n) is 15.4. The Labute approximate surface area is 173 Å². The Morgan fingerprint density at radius 2 is 1.86 bits per heavy atom. The maximum atomic E-state index is 12.5. The first-order valence-electron chi connectivity index (χ1n) is 8.46. The lowest BCUT2D eigenvalue weighted by molar-refractivity contribution is -0.115. The minimum Gasteiger partial charge on any atom is -0.493 e. The summed E-state index contributed by atoms with van der Waals surface area (Å²) in [5, 5.41) is 8.25. The molecule has 2 aromatic carbocycles. The highest BCUT2D eigenvalue weighted by atomic mass is 35.5. The SMILES string of the molecule is COc1ccc(CC(=O)Nc2ccnn2Cc2ccc(Cl)cc2Cl)cc1OC. The number of amides is 1. The van der Waals surface area contributed by atoms with E-state index < -0.39 is 0 Å². The third-order valence-electron chi connectivity index (χ3n) is 4.13. The van der Waals surface area contributed by atoms with Gasteiger partial charge in [0.15, 0.2) is 11.5 Å². The number of hydrogen-bond donors (Lipinski definition) is 1. The van der Waals surface area contributed by atoms with E-state index in [4.69, 9.17) is 32.7 Å². The summed E-state index contributed by atoms with van der Waals surface area (Å²) in [4.78, 5) is 12.5. The number of benzene rings is 2. The van der Waals surface area contributed by atoms with Crippen LogP contribution in [-0.4, -0.2) is 29.9 Å². The van der Waals surface area contributed by atoms with Crippen LogP contribution in [0.2, 0.25) is 10.0 Å². The number of carbonyl (C=O) groups excluding carboxylic acids is 1. The normalized spacial score (nSPS) is 10.6. The van der Waals surface area contributed by atoms with Gasteiger partial charge in [0.2, 0.25) is 5.91 Å². The van der Waals surface area contributed by atoms with E-state index in [9.17, 15) is 4.79 Å². The summed E-state index contributed by atoms with van der Waals surface area (Å²) >= 11 is 12.2. The van der Waals surface area contributed by atoms with Crippen LogP contribution in [0, 0.1) is 0 Å². The minimum atomic E-state index is -0.170. The van der Waals surface area contributed by atoms with Gasteiger partial charge in [-0.25, -0.2) is 4.68 Å². The Kier molecular flexibility index (Phi) is 6.44. The van der Waals surface area contributed by atoms with Crippen molar-refractivity contribution in [2.45, 2.75) is 13.0 Å². The van der Waals surface area contributed by atoms with Crippen molar-refractivity contribution in [1.82, 2.24) is 9.78 Å². The second-order valence-corrected chi connectivity index (χ2v) is 6.87. The van der Waals surface area contributed by atoms with Gasteiger partial charge in [0.1, 0.15) is 5.82 Å². The first kappa shape index (κ1) is 20.0. The summed E-state index contributed by atoms with van der Waals surface area (Å²) in [6, 6.07) is 12.4. The van der Waals surface area contributed by atoms with E-state index in [0.29, 0.717) is 33.9 Å². The van der Waals surface area contributed by atoms with Crippen molar-refractivity contribution in [3.8, 4) is 11.5 Å². The van der Waals surface area contributed by atoms with Crippen LogP contribution in [0.15, 0.2) is 48.7 Å². The van der Waals surface area contributed by atoms with Gasteiger partial charge >= 0.3 is 0 Å². The van der Waals surface area contributed by atoms with E-state index >= 15 is 0 Å². The fourth-order valence-electron chi connectivity index (χ4n) is 2.74. The first-order chi connectivity index (χ1) is 13.5. The monoisotopic (exact) mass is 419 g/mol. The van der Waals surface area contributed by atoms with Crippen molar-refractivity contribution in [1.29, 1.82) is 0 Å². The molecule has 0 unspecified atom stereocenters. The molecule has 0 bridgehead atoms. The Morgan fingerprint density at radius 3 is 2.57 bits per heavy atom.